The molecule has 0 amide bonds. The smallest absolute Gasteiger partial charge is 0.305 e. The summed E-state index contributed by atoms with van der Waals surface area (Å²) in [6.45, 7) is 5.39. The van der Waals surface area contributed by atoms with Crippen LogP contribution in [0.3, 0.4) is 0 Å². The normalized spacial score (nSPS) is 10.7. The number of esters is 2. The minimum Gasteiger partial charge on any atom is -0.466 e. The Labute approximate surface area is 167 Å². The molecule has 0 heterocycles. The van der Waals surface area contributed by atoms with Gasteiger partial charge < -0.3 is 9.47 Å². The molecule has 0 N–H and O–H groups in total. The lowest BCUT2D eigenvalue weighted by atomic mass is 10.1. The van der Waals surface area contributed by atoms with Crippen LogP contribution in [0.2, 0.25) is 0 Å². The fraction of sp³-hybridized carbons (Fsp3) is 0.913. The Morgan fingerprint density at radius 3 is 1.22 bits per heavy atom. The van der Waals surface area contributed by atoms with Crippen molar-refractivity contribution < 1.29 is 19.1 Å². The second-order valence-electron chi connectivity index (χ2n) is 7.54. The minimum atomic E-state index is -0.0733. The summed E-state index contributed by atoms with van der Waals surface area (Å²) in [6, 6.07) is 0. The molecule has 0 aromatic rings. The van der Waals surface area contributed by atoms with E-state index in [4.69, 9.17) is 9.47 Å². The Morgan fingerprint density at radius 2 is 0.815 bits per heavy atom. The Kier molecular flexibility index (Phi) is 20.4. The SMILES string of the molecule is CCCCCCCCC(=O)OCCCCCOC(=O)CCCCCCCC. The third-order valence-electron chi connectivity index (χ3n) is 4.78. The summed E-state index contributed by atoms with van der Waals surface area (Å²) in [5, 5.41) is 0. The van der Waals surface area contributed by atoms with Gasteiger partial charge in [0.25, 0.3) is 0 Å². The standard InChI is InChI=1S/C23H44O4/c1-3-5-7-9-11-14-18-22(24)26-20-16-13-17-21-27-23(25)19-15-12-10-8-6-4-2/h3-21H2,1-2H3. The minimum absolute atomic E-state index is 0.0733. The maximum atomic E-state index is 11.6. The molecule has 0 aliphatic rings. The number of rotatable bonds is 20. The highest BCUT2D eigenvalue weighted by Gasteiger charge is 2.04. The van der Waals surface area contributed by atoms with Crippen molar-refractivity contribution >= 4 is 11.9 Å². The van der Waals surface area contributed by atoms with Crippen LogP contribution in [0.4, 0.5) is 0 Å². The van der Waals surface area contributed by atoms with E-state index < -0.39 is 0 Å². The molecule has 0 aliphatic carbocycles. The zero-order valence-corrected chi connectivity index (χ0v) is 18.1. The molecule has 0 spiro atoms. The summed E-state index contributed by atoms with van der Waals surface area (Å²) in [4.78, 5) is 23.2. The monoisotopic (exact) mass is 384 g/mol. The summed E-state index contributed by atoms with van der Waals surface area (Å²) in [5.41, 5.74) is 0. The van der Waals surface area contributed by atoms with E-state index in [1.165, 1.54) is 51.4 Å². The molecule has 27 heavy (non-hydrogen) atoms. The molecule has 0 aliphatic heterocycles. The van der Waals surface area contributed by atoms with Crippen LogP contribution in [-0.4, -0.2) is 25.2 Å². The lowest BCUT2D eigenvalue weighted by Crippen LogP contribution is -2.07. The van der Waals surface area contributed by atoms with Crippen LogP contribution in [0, 0.1) is 0 Å². The molecule has 4 heteroatoms. The summed E-state index contributed by atoms with van der Waals surface area (Å²) >= 11 is 0. The predicted molar refractivity (Wildman–Crippen MR) is 112 cm³/mol. The van der Waals surface area contributed by atoms with Gasteiger partial charge in [0.05, 0.1) is 13.2 Å². The van der Waals surface area contributed by atoms with Gasteiger partial charge in [-0.05, 0) is 32.1 Å². The molecule has 0 fully saturated rings. The van der Waals surface area contributed by atoms with E-state index in [0.29, 0.717) is 26.1 Å². The van der Waals surface area contributed by atoms with Gasteiger partial charge in [-0.3, -0.25) is 9.59 Å². The number of ether oxygens (including phenoxy) is 2. The van der Waals surface area contributed by atoms with Gasteiger partial charge in [0.15, 0.2) is 0 Å². The topological polar surface area (TPSA) is 52.6 Å². The van der Waals surface area contributed by atoms with Gasteiger partial charge >= 0.3 is 11.9 Å². The maximum absolute atomic E-state index is 11.6. The van der Waals surface area contributed by atoms with Crippen LogP contribution < -0.4 is 0 Å². The molecule has 4 nitrogen and oxygen atoms in total. The van der Waals surface area contributed by atoms with Gasteiger partial charge in [-0.1, -0.05) is 78.1 Å². The van der Waals surface area contributed by atoms with Crippen LogP contribution in [0.1, 0.15) is 123 Å². The number of carbonyl (C=O) groups excluding carboxylic acids is 2. The van der Waals surface area contributed by atoms with Gasteiger partial charge in [0.2, 0.25) is 0 Å². The highest BCUT2D eigenvalue weighted by atomic mass is 16.5. The zero-order chi connectivity index (χ0) is 20.0. The molecule has 0 saturated heterocycles. The van der Waals surface area contributed by atoms with Crippen molar-refractivity contribution in [3.8, 4) is 0 Å². The van der Waals surface area contributed by atoms with Crippen LogP contribution in [0.5, 0.6) is 0 Å². The Hall–Kier alpha value is -1.06. The van der Waals surface area contributed by atoms with Crippen LogP contribution in [0.25, 0.3) is 0 Å². The van der Waals surface area contributed by atoms with Gasteiger partial charge in [-0.25, -0.2) is 0 Å². The van der Waals surface area contributed by atoms with Crippen LogP contribution in [-0.2, 0) is 19.1 Å². The fourth-order valence-corrected chi connectivity index (χ4v) is 3.00. The van der Waals surface area contributed by atoms with E-state index in [2.05, 4.69) is 13.8 Å². The molecule has 0 saturated carbocycles. The highest BCUT2D eigenvalue weighted by molar-refractivity contribution is 5.69. The number of unbranched alkanes of at least 4 members (excludes halogenated alkanes) is 12. The zero-order valence-electron chi connectivity index (χ0n) is 18.1. The predicted octanol–water partition coefficient (Wildman–Crippen LogP) is 6.74. The van der Waals surface area contributed by atoms with Gasteiger partial charge in [-0.15, -0.1) is 0 Å². The molecular weight excluding hydrogens is 340 g/mol. The molecule has 0 rings (SSSR count). The molecular formula is C23H44O4. The van der Waals surface area contributed by atoms with E-state index in [1.807, 2.05) is 0 Å². The quantitative estimate of drug-likeness (QED) is 0.172. The average Bonchev–Trinajstić information content (AvgIpc) is 2.66. The second-order valence-corrected chi connectivity index (χ2v) is 7.54. The molecule has 0 aromatic carbocycles. The van der Waals surface area contributed by atoms with Crippen molar-refractivity contribution in [1.82, 2.24) is 0 Å². The third-order valence-corrected chi connectivity index (χ3v) is 4.78. The number of hydrogen-bond acceptors (Lipinski definition) is 4. The average molecular weight is 385 g/mol. The van der Waals surface area contributed by atoms with E-state index in [1.54, 1.807) is 0 Å². The van der Waals surface area contributed by atoms with Crippen LogP contribution >= 0.6 is 0 Å². The Bertz CT molecular complexity index is 309. The molecule has 160 valence electrons. The van der Waals surface area contributed by atoms with Crippen molar-refractivity contribution in [2.75, 3.05) is 13.2 Å². The van der Waals surface area contributed by atoms with E-state index in [-0.39, 0.29) is 11.9 Å². The summed E-state index contributed by atoms with van der Waals surface area (Å²) < 4.78 is 10.5. The van der Waals surface area contributed by atoms with E-state index in [9.17, 15) is 9.59 Å². The van der Waals surface area contributed by atoms with Gasteiger partial charge in [0, 0.05) is 12.8 Å². The summed E-state index contributed by atoms with van der Waals surface area (Å²) in [6.07, 6.45) is 17.9. The lowest BCUT2D eigenvalue weighted by molar-refractivity contribution is -0.144. The summed E-state index contributed by atoms with van der Waals surface area (Å²) in [7, 11) is 0. The lowest BCUT2D eigenvalue weighted by Gasteiger charge is -2.06. The molecule has 0 radical (unpaired) electrons. The van der Waals surface area contributed by atoms with Crippen molar-refractivity contribution in [1.29, 1.82) is 0 Å². The van der Waals surface area contributed by atoms with Crippen molar-refractivity contribution in [3.05, 3.63) is 0 Å². The first-order valence-electron chi connectivity index (χ1n) is 11.5. The maximum Gasteiger partial charge on any atom is 0.305 e. The Balaban J connectivity index is 3.27. The summed E-state index contributed by atoms with van der Waals surface area (Å²) in [5.74, 6) is -0.147. The molecule has 0 bridgehead atoms. The molecule has 0 unspecified atom stereocenters. The van der Waals surface area contributed by atoms with Crippen molar-refractivity contribution in [2.45, 2.75) is 123 Å². The first-order valence-corrected chi connectivity index (χ1v) is 11.5. The number of hydrogen-bond donors (Lipinski definition) is 0. The van der Waals surface area contributed by atoms with Gasteiger partial charge in [-0.2, -0.15) is 0 Å². The van der Waals surface area contributed by atoms with E-state index in [0.717, 1.165) is 44.9 Å². The number of carbonyl (C=O) groups is 2. The van der Waals surface area contributed by atoms with E-state index >= 15 is 0 Å². The van der Waals surface area contributed by atoms with Gasteiger partial charge in [0.1, 0.15) is 0 Å². The highest BCUT2D eigenvalue weighted by Crippen LogP contribution is 2.09. The Morgan fingerprint density at radius 1 is 0.481 bits per heavy atom. The largest absolute Gasteiger partial charge is 0.466 e. The van der Waals surface area contributed by atoms with Crippen LogP contribution in [0.15, 0.2) is 0 Å². The second kappa shape index (κ2) is 21.2. The first kappa shape index (κ1) is 25.9. The van der Waals surface area contributed by atoms with Crippen molar-refractivity contribution in [3.63, 3.8) is 0 Å². The third kappa shape index (κ3) is 21.1. The fourth-order valence-electron chi connectivity index (χ4n) is 3.00. The molecule has 0 aromatic heterocycles. The first-order chi connectivity index (χ1) is 13.2. The molecule has 0 atom stereocenters. The van der Waals surface area contributed by atoms with Crippen molar-refractivity contribution in [2.24, 2.45) is 0 Å².